The Morgan fingerprint density at radius 2 is 1.78 bits per heavy atom. The highest BCUT2D eigenvalue weighted by Gasteiger charge is 2.41. The second-order valence-electron chi connectivity index (χ2n) is 7.29. The molecule has 1 fully saturated rings. The maximum atomic E-state index is 12.3. The van der Waals surface area contributed by atoms with Crippen LogP contribution in [0.1, 0.15) is 54.4 Å². The number of nitrogens with two attached hydrogens (primary N) is 1. The van der Waals surface area contributed by atoms with Gasteiger partial charge in [-0.3, -0.25) is 0 Å². The van der Waals surface area contributed by atoms with Crippen molar-refractivity contribution in [3.8, 4) is 0 Å². The average Bonchev–Trinajstić information content (AvgIpc) is 2.12. The molecule has 1 unspecified atom stereocenters. The molecule has 18 heavy (non-hydrogen) atoms. The van der Waals surface area contributed by atoms with Crippen LogP contribution >= 0.6 is 0 Å². The van der Waals surface area contributed by atoms with E-state index in [4.69, 9.17) is 10.5 Å². The zero-order valence-electron chi connectivity index (χ0n) is 12.6. The normalized spacial score (nSPS) is 26.1. The summed E-state index contributed by atoms with van der Waals surface area (Å²) in [6, 6.07) is 0.0763. The Balaban J connectivity index is 2.87. The molecule has 0 bridgehead atoms. The van der Waals surface area contributed by atoms with Crippen molar-refractivity contribution in [2.45, 2.75) is 72.1 Å². The van der Waals surface area contributed by atoms with Gasteiger partial charge in [0.15, 0.2) is 0 Å². The molecule has 2 N–H and O–H groups in total. The van der Waals surface area contributed by atoms with Crippen LogP contribution in [0, 0.1) is 5.41 Å². The molecular formula is C14H28N2O2. The molecule has 4 nitrogen and oxygen atoms in total. The third-order valence-electron chi connectivity index (χ3n) is 3.19. The molecule has 1 saturated heterocycles. The molecule has 2 atom stereocenters. The molecule has 0 aliphatic carbocycles. The van der Waals surface area contributed by atoms with E-state index in [-0.39, 0.29) is 23.6 Å². The molecule has 1 amide bonds. The fraction of sp³-hybridized carbons (Fsp3) is 0.929. The first-order chi connectivity index (χ1) is 8.02. The van der Waals surface area contributed by atoms with E-state index >= 15 is 0 Å². The van der Waals surface area contributed by atoms with E-state index in [1.165, 1.54) is 0 Å². The highest BCUT2D eigenvalue weighted by Crippen LogP contribution is 2.32. The lowest BCUT2D eigenvalue weighted by Gasteiger charge is -2.46. The van der Waals surface area contributed by atoms with Crippen molar-refractivity contribution in [1.29, 1.82) is 0 Å². The van der Waals surface area contributed by atoms with E-state index in [1.807, 2.05) is 25.7 Å². The van der Waals surface area contributed by atoms with Gasteiger partial charge in [0, 0.05) is 12.6 Å². The predicted molar refractivity (Wildman–Crippen MR) is 73.4 cm³/mol. The fourth-order valence-corrected chi connectivity index (χ4v) is 2.66. The van der Waals surface area contributed by atoms with Crippen LogP contribution in [-0.4, -0.2) is 35.2 Å². The van der Waals surface area contributed by atoms with E-state index in [2.05, 4.69) is 20.8 Å². The molecule has 0 spiro atoms. The van der Waals surface area contributed by atoms with Gasteiger partial charge in [-0.1, -0.05) is 20.8 Å². The average molecular weight is 256 g/mol. The number of piperidine rings is 1. The molecular weight excluding hydrogens is 228 g/mol. The van der Waals surface area contributed by atoms with Crippen LogP contribution in [0.4, 0.5) is 4.79 Å². The summed E-state index contributed by atoms with van der Waals surface area (Å²) in [5, 5.41) is 0. The number of ether oxygens (including phenoxy) is 1. The highest BCUT2D eigenvalue weighted by atomic mass is 16.6. The topological polar surface area (TPSA) is 55.6 Å². The van der Waals surface area contributed by atoms with Crippen LogP contribution in [0.3, 0.4) is 0 Å². The third kappa shape index (κ3) is 3.87. The molecule has 1 aliphatic rings. The van der Waals surface area contributed by atoms with Gasteiger partial charge in [0.1, 0.15) is 5.60 Å². The number of carbonyl (C=O) groups is 1. The summed E-state index contributed by atoms with van der Waals surface area (Å²) < 4.78 is 5.48. The van der Waals surface area contributed by atoms with Crippen molar-refractivity contribution in [2.24, 2.45) is 11.1 Å². The lowest BCUT2D eigenvalue weighted by molar-refractivity contribution is -0.0124. The first-order valence-electron chi connectivity index (χ1n) is 6.77. The van der Waals surface area contributed by atoms with Gasteiger partial charge >= 0.3 is 6.09 Å². The molecule has 1 heterocycles. The Morgan fingerprint density at radius 3 is 2.22 bits per heavy atom. The van der Waals surface area contributed by atoms with Gasteiger partial charge in [0.25, 0.3) is 0 Å². The van der Waals surface area contributed by atoms with Gasteiger partial charge < -0.3 is 15.4 Å². The molecule has 0 radical (unpaired) electrons. The molecule has 0 saturated carbocycles. The smallest absolute Gasteiger partial charge is 0.410 e. The van der Waals surface area contributed by atoms with E-state index in [9.17, 15) is 4.79 Å². The summed E-state index contributed by atoms with van der Waals surface area (Å²) in [6.07, 6.45) is 1.69. The summed E-state index contributed by atoms with van der Waals surface area (Å²) in [6.45, 7) is 12.8. The third-order valence-corrected chi connectivity index (χ3v) is 3.19. The molecule has 4 heteroatoms. The van der Waals surface area contributed by atoms with E-state index in [1.54, 1.807) is 0 Å². The van der Waals surface area contributed by atoms with Gasteiger partial charge in [-0.2, -0.15) is 0 Å². The van der Waals surface area contributed by atoms with Crippen molar-refractivity contribution >= 4 is 6.09 Å². The Kier molecular flexibility index (Phi) is 4.31. The van der Waals surface area contributed by atoms with Crippen LogP contribution in [0.2, 0.25) is 0 Å². The lowest BCUT2D eigenvalue weighted by atomic mass is 9.78. The van der Waals surface area contributed by atoms with Gasteiger partial charge in [0.05, 0.1) is 6.04 Å². The van der Waals surface area contributed by atoms with Crippen LogP contribution < -0.4 is 5.73 Å². The minimum atomic E-state index is -0.457. The van der Waals surface area contributed by atoms with Gasteiger partial charge in [-0.25, -0.2) is 4.79 Å². The van der Waals surface area contributed by atoms with Crippen molar-refractivity contribution in [2.75, 3.05) is 6.54 Å². The van der Waals surface area contributed by atoms with Crippen LogP contribution in [0.25, 0.3) is 0 Å². The second-order valence-corrected chi connectivity index (χ2v) is 7.29. The summed E-state index contributed by atoms with van der Waals surface area (Å²) >= 11 is 0. The number of hydrogen-bond donors (Lipinski definition) is 1. The maximum Gasteiger partial charge on any atom is 0.410 e. The predicted octanol–water partition coefficient (Wildman–Crippen LogP) is 2.76. The van der Waals surface area contributed by atoms with Crippen molar-refractivity contribution in [1.82, 2.24) is 4.90 Å². The molecule has 106 valence electrons. The standard InChI is InChI=1S/C14H28N2O2/c1-13(2,3)11-10(15)8-7-9-16(11)12(17)18-14(4,5)6/h10-11H,7-9,15H2,1-6H3/t10?,11-/m1/s1. The molecule has 0 aromatic rings. The summed E-state index contributed by atoms with van der Waals surface area (Å²) in [5.41, 5.74) is 5.72. The molecule has 0 aromatic heterocycles. The first-order valence-corrected chi connectivity index (χ1v) is 6.77. The quantitative estimate of drug-likeness (QED) is 0.725. The van der Waals surface area contributed by atoms with Crippen LogP contribution in [0.5, 0.6) is 0 Å². The summed E-state index contributed by atoms with van der Waals surface area (Å²) in [5.74, 6) is 0. The number of amides is 1. The van der Waals surface area contributed by atoms with E-state index in [0.717, 1.165) is 19.4 Å². The van der Waals surface area contributed by atoms with Crippen molar-refractivity contribution in [3.05, 3.63) is 0 Å². The number of rotatable bonds is 0. The number of hydrogen-bond acceptors (Lipinski definition) is 3. The minimum Gasteiger partial charge on any atom is -0.444 e. The van der Waals surface area contributed by atoms with Gasteiger partial charge in [-0.15, -0.1) is 0 Å². The van der Waals surface area contributed by atoms with Gasteiger partial charge in [-0.05, 0) is 39.0 Å². The van der Waals surface area contributed by atoms with Crippen molar-refractivity contribution in [3.63, 3.8) is 0 Å². The van der Waals surface area contributed by atoms with E-state index < -0.39 is 5.60 Å². The number of carbonyl (C=O) groups excluding carboxylic acids is 1. The maximum absolute atomic E-state index is 12.3. The fourth-order valence-electron chi connectivity index (χ4n) is 2.66. The SMILES string of the molecule is CC(C)(C)OC(=O)N1CCCC(N)[C@@H]1C(C)(C)C. The molecule has 0 aromatic carbocycles. The first kappa shape index (κ1) is 15.3. The number of nitrogens with zero attached hydrogens (tertiary/aromatic N) is 1. The zero-order valence-corrected chi connectivity index (χ0v) is 12.6. The lowest BCUT2D eigenvalue weighted by Crippen LogP contribution is -2.60. The Hall–Kier alpha value is -0.770. The van der Waals surface area contributed by atoms with E-state index in [0.29, 0.717) is 0 Å². The largest absolute Gasteiger partial charge is 0.444 e. The highest BCUT2D eigenvalue weighted by molar-refractivity contribution is 5.69. The molecule has 1 rings (SSSR count). The Bertz CT molecular complexity index is 302. The van der Waals surface area contributed by atoms with Crippen LogP contribution in [0.15, 0.2) is 0 Å². The minimum absolute atomic E-state index is 0.0310. The van der Waals surface area contributed by atoms with Gasteiger partial charge in [0.2, 0.25) is 0 Å². The van der Waals surface area contributed by atoms with Crippen LogP contribution in [-0.2, 0) is 4.74 Å². The number of likely N-dealkylation sites (tertiary alicyclic amines) is 1. The summed E-state index contributed by atoms with van der Waals surface area (Å²) in [4.78, 5) is 14.1. The molecule has 1 aliphatic heterocycles. The van der Waals surface area contributed by atoms with Crippen molar-refractivity contribution < 1.29 is 9.53 Å². The Morgan fingerprint density at radius 1 is 1.22 bits per heavy atom. The summed E-state index contributed by atoms with van der Waals surface area (Å²) in [7, 11) is 0. The monoisotopic (exact) mass is 256 g/mol. The zero-order chi connectivity index (χ0) is 14.1. The Labute approximate surface area is 111 Å². The second kappa shape index (κ2) is 5.08.